The number of anilines is 1. The van der Waals surface area contributed by atoms with E-state index >= 15 is 0 Å². The van der Waals surface area contributed by atoms with Gasteiger partial charge in [0.1, 0.15) is 17.3 Å². The van der Waals surface area contributed by atoms with Gasteiger partial charge in [-0.15, -0.1) is 5.10 Å². The van der Waals surface area contributed by atoms with Crippen LogP contribution in [-0.2, 0) is 6.54 Å². The van der Waals surface area contributed by atoms with Crippen molar-refractivity contribution in [3.8, 4) is 11.5 Å². The second kappa shape index (κ2) is 5.35. The lowest BCUT2D eigenvalue weighted by Gasteiger charge is -2.14. The quantitative estimate of drug-likeness (QED) is 0.790. The summed E-state index contributed by atoms with van der Waals surface area (Å²) in [5.74, 6) is 2.91. The summed E-state index contributed by atoms with van der Waals surface area (Å²) in [5, 5.41) is 8.05. The molecule has 0 saturated heterocycles. The number of H-pyrrole nitrogens is 1. The molecule has 7 nitrogen and oxygen atoms in total. The molecule has 0 spiro atoms. The maximum absolute atomic E-state index is 5.56. The number of nitrogens with one attached hydrogen (secondary N) is 1. The number of hydrogen-bond donors (Lipinski definition) is 1. The molecule has 21 heavy (non-hydrogen) atoms. The summed E-state index contributed by atoms with van der Waals surface area (Å²) in [6, 6.07) is 3.77. The number of aromatic nitrogens is 5. The number of aromatic amines is 1. The number of hydrogen-bond acceptors (Lipinski definition) is 6. The molecule has 0 atom stereocenters. The van der Waals surface area contributed by atoms with Crippen LogP contribution in [-0.4, -0.2) is 32.2 Å². The number of furan rings is 1. The number of rotatable bonds is 4. The Morgan fingerprint density at radius 3 is 2.76 bits per heavy atom. The minimum Gasteiger partial charge on any atom is -0.460 e. The molecular weight excluding hydrogens is 268 g/mol. The summed E-state index contributed by atoms with van der Waals surface area (Å²) in [5.41, 5.74) is 1.69. The Hall–Kier alpha value is -2.70. The highest BCUT2D eigenvalue weighted by Gasteiger charge is 2.11. The van der Waals surface area contributed by atoms with Crippen LogP contribution in [0.15, 0.2) is 28.9 Å². The minimum absolute atomic E-state index is 0.524. The van der Waals surface area contributed by atoms with Crippen LogP contribution in [0.25, 0.3) is 11.5 Å². The van der Waals surface area contributed by atoms with Crippen molar-refractivity contribution in [3.63, 3.8) is 0 Å². The summed E-state index contributed by atoms with van der Waals surface area (Å²) in [6.45, 7) is 4.44. The van der Waals surface area contributed by atoms with Gasteiger partial charge in [-0.25, -0.2) is 9.97 Å². The van der Waals surface area contributed by atoms with Crippen LogP contribution < -0.4 is 4.90 Å². The van der Waals surface area contributed by atoms with Crippen LogP contribution in [0, 0.1) is 13.8 Å². The largest absolute Gasteiger partial charge is 0.460 e. The summed E-state index contributed by atoms with van der Waals surface area (Å²) in [7, 11) is 1.89. The normalized spacial score (nSPS) is 10.8. The van der Waals surface area contributed by atoms with E-state index in [0.717, 1.165) is 17.3 Å². The van der Waals surface area contributed by atoms with Crippen molar-refractivity contribution < 1.29 is 4.42 Å². The molecule has 0 bridgehead atoms. The number of aryl methyl sites for hydroxylation is 2. The highest BCUT2D eigenvalue weighted by atomic mass is 16.3. The number of nitrogens with zero attached hydrogens (tertiary/aromatic N) is 5. The molecule has 0 saturated carbocycles. The monoisotopic (exact) mass is 284 g/mol. The van der Waals surface area contributed by atoms with Crippen molar-refractivity contribution in [2.75, 3.05) is 11.9 Å². The summed E-state index contributed by atoms with van der Waals surface area (Å²) >= 11 is 0. The standard InChI is InChI=1S/C14H16N6O/c1-9-6-15-13(17-9)8-20(3)14-18-11(7-16-19-14)12-5-4-10(2)21-12/h4-7H,8H2,1-3H3,(H,15,17). The van der Waals surface area contributed by atoms with Gasteiger partial charge in [-0.3, -0.25) is 0 Å². The van der Waals surface area contributed by atoms with Gasteiger partial charge in [0, 0.05) is 18.9 Å². The van der Waals surface area contributed by atoms with Crippen LogP contribution in [0.5, 0.6) is 0 Å². The molecule has 0 aliphatic rings. The molecule has 0 fully saturated rings. The van der Waals surface area contributed by atoms with Crippen LogP contribution in [0.2, 0.25) is 0 Å². The molecule has 108 valence electrons. The van der Waals surface area contributed by atoms with Crippen molar-refractivity contribution >= 4 is 5.95 Å². The molecular formula is C14H16N6O. The molecule has 3 heterocycles. The Balaban J connectivity index is 1.82. The molecule has 0 unspecified atom stereocenters. The van der Waals surface area contributed by atoms with Gasteiger partial charge < -0.3 is 14.3 Å². The van der Waals surface area contributed by atoms with E-state index in [1.54, 1.807) is 12.4 Å². The second-order valence-electron chi connectivity index (χ2n) is 4.92. The molecule has 0 amide bonds. The smallest absolute Gasteiger partial charge is 0.246 e. The zero-order chi connectivity index (χ0) is 14.8. The first-order valence-corrected chi connectivity index (χ1v) is 6.60. The van der Waals surface area contributed by atoms with Crippen LogP contribution in [0.1, 0.15) is 17.3 Å². The van der Waals surface area contributed by atoms with Crippen molar-refractivity contribution in [2.45, 2.75) is 20.4 Å². The molecule has 0 aliphatic carbocycles. The molecule has 3 aromatic rings. The van der Waals surface area contributed by atoms with Gasteiger partial charge in [0.25, 0.3) is 0 Å². The number of imidazole rings is 1. The van der Waals surface area contributed by atoms with Crippen LogP contribution in [0.4, 0.5) is 5.95 Å². The first-order valence-electron chi connectivity index (χ1n) is 6.60. The molecule has 3 rings (SSSR count). The van der Waals surface area contributed by atoms with Crippen molar-refractivity contribution in [1.29, 1.82) is 0 Å². The van der Waals surface area contributed by atoms with E-state index in [1.165, 1.54) is 0 Å². The molecule has 1 N–H and O–H groups in total. The van der Waals surface area contributed by atoms with E-state index in [0.29, 0.717) is 23.9 Å². The highest BCUT2D eigenvalue weighted by Crippen LogP contribution is 2.20. The average molecular weight is 284 g/mol. The SMILES string of the molecule is Cc1cnc(CN(C)c2nncc(-c3ccc(C)o3)n2)[nH]1. The third-order valence-electron chi connectivity index (χ3n) is 3.02. The van der Waals surface area contributed by atoms with Gasteiger partial charge in [-0.1, -0.05) is 0 Å². The molecule has 0 aromatic carbocycles. The maximum Gasteiger partial charge on any atom is 0.246 e. The van der Waals surface area contributed by atoms with Crippen molar-refractivity contribution in [3.05, 3.63) is 41.8 Å². The Bertz CT molecular complexity index is 747. The summed E-state index contributed by atoms with van der Waals surface area (Å²) in [4.78, 5) is 13.8. The molecule has 3 aromatic heterocycles. The van der Waals surface area contributed by atoms with Gasteiger partial charge in [0.2, 0.25) is 5.95 Å². The third-order valence-corrected chi connectivity index (χ3v) is 3.02. The van der Waals surface area contributed by atoms with Crippen LogP contribution >= 0.6 is 0 Å². The molecule has 0 radical (unpaired) electrons. The Labute approximate surface area is 122 Å². The van der Waals surface area contributed by atoms with Gasteiger partial charge in [0.15, 0.2) is 5.76 Å². The Morgan fingerprint density at radius 1 is 1.24 bits per heavy atom. The first kappa shape index (κ1) is 13.3. The van der Waals surface area contributed by atoms with Gasteiger partial charge in [-0.2, -0.15) is 5.10 Å². The van der Waals surface area contributed by atoms with E-state index in [4.69, 9.17) is 4.42 Å². The Kier molecular flexibility index (Phi) is 3.39. The van der Waals surface area contributed by atoms with E-state index in [2.05, 4.69) is 25.1 Å². The van der Waals surface area contributed by atoms with Gasteiger partial charge in [-0.05, 0) is 26.0 Å². The Morgan fingerprint density at radius 2 is 2.10 bits per heavy atom. The van der Waals surface area contributed by atoms with Gasteiger partial charge in [0.05, 0.1) is 12.7 Å². The maximum atomic E-state index is 5.56. The zero-order valence-electron chi connectivity index (χ0n) is 12.2. The fourth-order valence-electron chi connectivity index (χ4n) is 1.99. The van der Waals surface area contributed by atoms with Crippen molar-refractivity contribution in [1.82, 2.24) is 25.1 Å². The topological polar surface area (TPSA) is 83.7 Å². The summed E-state index contributed by atoms with van der Waals surface area (Å²) < 4.78 is 5.56. The van der Waals surface area contributed by atoms with E-state index in [1.807, 2.05) is 37.9 Å². The van der Waals surface area contributed by atoms with Gasteiger partial charge >= 0.3 is 0 Å². The fourth-order valence-corrected chi connectivity index (χ4v) is 1.99. The molecule has 7 heteroatoms. The summed E-state index contributed by atoms with van der Waals surface area (Å²) in [6.07, 6.45) is 3.39. The predicted octanol–water partition coefficient (Wildman–Crippen LogP) is 2.11. The van der Waals surface area contributed by atoms with Crippen molar-refractivity contribution in [2.24, 2.45) is 0 Å². The average Bonchev–Trinajstić information content (AvgIpc) is 3.08. The zero-order valence-corrected chi connectivity index (χ0v) is 12.2. The van der Waals surface area contributed by atoms with E-state index in [-0.39, 0.29) is 0 Å². The highest BCUT2D eigenvalue weighted by molar-refractivity contribution is 5.52. The lowest BCUT2D eigenvalue weighted by atomic mass is 10.3. The van der Waals surface area contributed by atoms with E-state index in [9.17, 15) is 0 Å². The lowest BCUT2D eigenvalue weighted by Crippen LogP contribution is -2.20. The fraction of sp³-hybridized carbons (Fsp3) is 0.286. The predicted molar refractivity (Wildman–Crippen MR) is 77.7 cm³/mol. The lowest BCUT2D eigenvalue weighted by molar-refractivity contribution is 0.545. The van der Waals surface area contributed by atoms with Crippen LogP contribution in [0.3, 0.4) is 0 Å². The van der Waals surface area contributed by atoms with E-state index < -0.39 is 0 Å². The third kappa shape index (κ3) is 2.91. The second-order valence-corrected chi connectivity index (χ2v) is 4.92. The molecule has 0 aliphatic heterocycles. The minimum atomic E-state index is 0.524. The first-order chi connectivity index (χ1) is 10.1.